The summed E-state index contributed by atoms with van der Waals surface area (Å²) in [5.41, 5.74) is 1.18. The van der Waals surface area contributed by atoms with E-state index in [2.05, 4.69) is 22.0 Å². The van der Waals surface area contributed by atoms with Crippen molar-refractivity contribution in [2.75, 3.05) is 13.2 Å². The molecule has 0 N–H and O–H groups in total. The van der Waals surface area contributed by atoms with Crippen LogP contribution in [0.1, 0.15) is 31.4 Å². The van der Waals surface area contributed by atoms with Crippen molar-refractivity contribution < 1.29 is 9.47 Å². The molecule has 1 unspecified atom stereocenters. The Morgan fingerprint density at radius 3 is 3.20 bits per heavy atom. The van der Waals surface area contributed by atoms with Crippen LogP contribution in [-0.2, 0) is 4.74 Å². The summed E-state index contributed by atoms with van der Waals surface area (Å²) in [6.45, 7) is 3.57. The van der Waals surface area contributed by atoms with Crippen molar-refractivity contribution >= 4 is 15.9 Å². The molecule has 82 valence electrons. The Balaban J connectivity index is 2.32. The van der Waals surface area contributed by atoms with Gasteiger partial charge >= 0.3 is 0 Å². The van der Waals surface area contributed by atoms with Crippen molar-refractivity contribution in [3.63, 3.8) is 0 Å². The summed E-state index contributed by atoms with van der Waals surface area (Å²) in [6.07, 6.45) is 2.29. The van der Waals surface area contributed by atoms with Gasteiger partial charge in [0.1, 0.15) is 5.75 Å². The lowest BCUT2D eigenvalue weighted by molar-refractivity contribution is 0.0567. The fourth-order valence-corrected chi connectivity index (χ4v) is 2.22. The summed E-state index contributed by atoms with van der Waals surface area (Å²) >= 11 is 3.45. The van der Waals surface area contributed by atoms with E-state index in [1.165, 1.54) is 5.56 Å². The van der Waals surface area contributed by atoms with Crippen LogP contribution < -0.4 is 4.74 Å². The van der Waals surface area contributed by atoms with Gasteiger partial charge in [0.25, 0.3) is 0 Å². The van der Waals surface area contributed by atoms with Gasteiger partial charge in [0.05, 0.1) is 12.7 Å². The number of hydrogen-bond donors (Lipinski definition) is 0. The SMILES string of the molecule is CCOC1CCCOc2cc(Br)ccc21. The van der Waals surface area contributed by atoms with Crippen LogP contribution in [0, 0.1) is 0 Å². The van der Waals surface area contributed by atoms with Crippen molar-refractivity contribution in [3.8, 4) is 5.75 Å². The molecule has 2 rings (SSSR count). The first-order chi connectivity index (χ1) is 7.31. The molecule has 3 heteroatoms. The number of rotatable bonds is 2. The molecule has 2 nitrogen and oxygen atoms in total. The van der Waals surface area contributed by atoms with E-state index in [-0.39, 0.29) is 6.10 Å². The summed E-state index contributed by atoms with van der Waals surface area (Å²) in [5, 5.41) is 0. The molecular weight excluding hydrogens is 256 g/mol. The zero-order chi connectivity index (χ0) is 10.7. The molecule has 0 aromatic heterocycles. The van der Waals surface area contributed by atoms with Crippen LogP contribution in [0.3, 0.4) is 0 Å². The molecule has 1 aliphatic rings. The van der Waals surface area contributed by atoms with Gasteiger partial charge in [-0.05, 0) is 31.9 Å². The Hall–Kier alpha value is -0.540. The normalized spacial score (nSPS) is 20.3. The number of halogens is 1. The predicted octanol–water partition coefficient (Wildman–Crippen LogP) is 3.70. The molecule has 1 aliphatic heterocycles. The van der Waals surface area contributed by atoms with Crippen LogP contribution in [0.25, 0.3) is 0 Å². The molecule has 1 aromatic rings. The Morgan fingerprint density at radius 1 is 1.53 bits per heavy atom. The highest BCUT2D eigenvalue weighted by Gasteiger charge is 2.19. The minimum absolute atomic E-state index is 0.195. The van der Waals surface area contributed by atoms with E-state index in [1.54, 1.807) is 0 Å². The van der Waals surface area contributed by atoms with Gasteiger partial charge in [-0.15, -0.1) is 0 Å². The molecule has 0 saturated heterocycles. The van der Waals surface area contributed by atoms with E-state index in [4.69, 9.17) is 9.47 Å². The molecule has 1 atom stereocenters. The second-order valence-corrected chi connectivity index (χ2v) is 4.53. The van der Waals surface area contributed by atoms with E-state index in [9.17, 15) is 0 Å². The molecule has 0 saturated carbocycles. The molecule has 15 heavy (non-hydrogen) atoms. The Morgan fingerprint density at radius 2 is 2.40 bits per heavy atom. The number of benzene rings is 1. The van der Waals surface area contributed by atoms with E-state index in [1.807, 2.05) is 19.1 Å². The van der Waals surface area contributed by atoms with E-state index in [0.29, 0.717) is 0 Å². The summed E-state index contributed by atoms with van der Waals surface area (Å²) in [5.74, 6) is 0.959. The maximum atomic E-state index is 5.73. The average molecular weight is 271 g/mol. The first kappa shape index (κ1) is 11.0. The van der Waals surface area contributed by atoms with Crippen molar-refractivity contribution in [1.29, 1.82) is 0 Å². The van der Waals surface area contributed by atoms with Crippen LogP contribution in [0.15, 0.2) is 22.7 Å². The maximum absolute atomic E-state index is 5.73. The first-order valence-corrected chi connectivity index (χ1v) is 6.14. The van der Waals surface area contributed by atoms with E-state index in [0.717, 1.165) is 36.3 Å². The molecule has 0 amide bonds. The Kier molecular flexibility index (Phi) is 3.65. The van der Waals surface area contributed by atoms with Gasteiger partial charge < -0.3 is 9.47 Å². The summed E-state index contributed by atoms with van der Waals surface area (Å²) in [6, 6.07) is 6.15. The summed E-state index contributed by atoms with van der Waals surface area (Å²) < 4.78 is 12.5. The third-order valence-corrected chi connectivity index (χ3v) is 3.05. The molecule has 0 radical (unpaired) electrons. The largest absolute Gasteiger partial charge is 0.493 e. The van der Waals surface area contributed by atoms with E-state index < -0.39 is 0 Å². The van der Waals surface area contributed by atoms with Crippen molar-refractivity contribution in [2.24, 2.45) is 0 Å². The van der Waals surface area contributed by atoms with Gasteiger partial charge in [-0.1, -0.05) is 22.0 Å². The monoisotopic (exact) mass is 270 g/mol. The molecule has 0 spiro atoms. The highest BCUT2D eigenvalue weighted by atomic mass is 79.9. The maximum Gasteiger partial charge on any atom is 0.126 e. The van der Waals surface area contributed by atoms with Crippen molar-refractivity contribution in [2.45, 2.75) is 25.9 Å². The van der Waals surface area contributed by atoms with Crippen LogP contribution in [0.5, 0.6) is 5.75 Å². The molecular formula is C12H15BrO2. The van der Waals surface area contributed by atoms with Gasteiger partial charge in [-0.25, -0.2) is 0 Å². The third-order valence-electron chi connectivity index (χ3n) is 2.56. The highest BCUT2D eigenvalue weighted by Crippen LogP contribution is 2.35. The quantitative estimate of drug-likeness (QED) is 0.816. The number of ether oxygens (including phenoxy) is 2. The summed E-state index contributed by atoms with van der Waals surface area (Å²) in [7, 11) is 0. The second kappa shape index (κ2) is 4.99. The predicted molar refractivity (Wildman–Crippen MR) is 63.2 cm³/mol. The van der Waals surface area contributed by atoms with Crippen molar-refractivity contribution in [1.82, 2.24) is 0 Å². The second-order valence-electron chi connectivity index (χ2n) is 3.62. The molecule has 0 aliphatic carbocycles. The Labute approximate surface area is 98.7 Å². The van der Waals surface area contributed by atoms with Crippen molar-refractivity contribution in [3.05, 3.63) is 28.2 Å². The van der Waals surface area contributed by atoms with Crippen LogP contribution in [0.2, 0.25) is 0 Å². The Bertz CT molecular complexity index is 338. The van der Waals surface area contributed by atoms with Crippen LogP contribution >= 0.6 is 15.9 Å². The van der Waals surface area contributed by atoms with Gasteiger partial charge in [0.15, 0.2) is 0 Å². The molecule has 0 bridgehead atoms. The zero-order valence-corrected chi connectivity index (χ0v) is 10.4. The van der Waals surface area contributed by atoms with Gasteiger partial charge in [-0.3, -0.25) is 0 Å². The first-order valence-electron chi connectivity index (χ1n) is 5.35. The smallest absolute Gasteiger partial charge is 0.126 e. The number of fused-ring (bicyclic) bond motifs is 1. The molecule has 1 heterocycles. The zero-order valence-electron chi connectivity index (χ0n) is 8.83. The molecule has 0 fully saturated rings. The van der Waals surface area contributed by atoms with Crippen LogP contribution in [0.4, 0.5) is 0 Å². The highest BCUT2D eigenvalue weighted by molar-refractivity contribution is 9.10. The molecule has 1 aromatic carbocycles. The summed E-state index contributed by atoms with van der Waals surface area (Å²) in [4.78, 5) is 0. The number of hydrogen-bond acceptors (Lipinski definition) is 2. The van der Waals surface area contributed by atoms with Gasteiger partial charge in [-0.2, -0.15) is 0 Å². The fraction of sp³-hybridized carbons (Fsp3) is 0.500. The van der Waals surface area contributed by atoms with Crippen LogP contribution in [-0.4, -0.2) is 13.2 Å². The lowest BCUT2D eigenvalue weighted by Gasteiger charge is -2.16. The lowest BCUT2D eigenvalue weighted by atomic mass is 10.1. The standard InChI is InChI=1S/C12H15BrO2/c1-2-14-11-4-3-7-15-12-8-9(13)5-6-10(11)12/h5-6,8,11H,2-4,7H2,1H3. The minimum Gasteiger partial charge on any atom is -0.493 e. The topological polar surface area (TPSA) is 18.5 Å². The average Bonchev–Trinajstić information content (AvgIpc) is 2.41. The van der Waals surface area contributed by atoms with Gasteiger partial charge in [0, 0.05) is 16.6 Å². The van der Waals surface area contributed by atoms with E-state index >= 15 is 0 Å². The lowest BCUT2D eigenvalue weighted by Crippen LogP contribution is -2.03. The fourth-order valence-electron chi connectivity index (χ4n) is 1.88. The third kappa shape index (κ3) is 2.52. The van der Waals surface area contributed by atoms with Gasteiger partial charge in [0.2, 0.25) is 0 Å². The minimum atomic E-state index is 0.195.